The minimum atomic E-state index is -0.567. The molecule has 5 nitrogen and oxygen atoms in total. The number of pyridine rings is 1. The predicted molar refractivity (Wildman–Crippen MR) is 70.0 cm³/mol. The highest BCUT2D eigenvalue weighted by atomic mass is 79.9. The lowest BCUT2D eigenvalue weighted by Crippen LogP contribution is -1.95. The van der Waals surface area contributed by atoms with E-state index in [2.05, 4.69) is 20.9 Å². The summed E-state index contributed by atoms with van der Waals surface area (Å²) in [5, 5.41) is 11.5. The van der Waals surface area contributed by atoms with E-state index in [0.717, 1.165) is 10.9 Å². The number of hydrogen-bond donors (Lipinski definition) is 0. The van der Waals surface area contributed by atoms with E-state index < -0.39 is 4.92 Å². The summed E-state index contributed by atoms with van der Waals surface area (Å²) < 4.78 is 5.45. The second-order valence-electron chi connectivity index (χ2n) is 3.46. The summed E-state index contributed by atoms with van der Waals surface area (Å²) in [6, 6.07) is 10.4. The Morgan fingerprint density at radius 1 is 1.28 bits per heavy atom. The maximum atomic E-state index is 10.8. The zero-order chi connectivity index (χ0) is 13.0. The van der Waals surface area contributed by atoms with Gasteiger partial charge in [-0.2, -0.15) is 0 Å². The van der Waals surface area contributed by atoms with Crippen LogP contribution in [-0.4, -0.2) is 9.91 Å². The first-order chi connectivity index (χ1) is 8.70. The Hall–Kier alpha value is -1.95. The van der Waals surface area contributed by atoms with E-state index in [1.165, 1.54) is 12.3 Å². The van der Waals surface area contributed by atoms with Crippen LogP contribution in [0.25, 0.3) is 0 Å². The zero-order valence-electron chi connectivity index (χ0n) is 9.25. The zero-order valence-corrected chi connectivity index (χ0v) is 10.8. The third kappa shape index (κ3) is 2.84. The van der Waals surface area contributed by atoms with E-state index in [1.54, 1.807) is 18.2 Å². The Labute approximate surface area is 112 Å². The summed E-state index contributed by atoms with van der Waals surface area (Å²) in [6.07, 6.45) is 1.36. The van der Waals surface area contributed by atoms with Crippen LogP contribution in [0.4, 0.5) is 5.82 Å². The predicted octanol–water partition coefficient (Wildman–Crippen LogP) is 3.68. The van der Waals surface area contributed by atoms with Gasteiger partial charge in [-0.15, -0.1) is 0 Å². The SMILES string of the molecule is O=[N+]([O-])c1ncccc1Oc1ccc(CBr)cc1. The Kier molecular flexibility index (Phi) is 3.88. The first-order valence-corrected chi connectivity index (χ1v) is 6.25. The van der Waals surface area contributed by atoms with Crippen LogP contribution in [0.5, 0.6) is 11.5 Å². The number of alkyl halides is 1. The molecule has 0 N–H and O–H groups in total. The van der Waals surface area contributed by atoms with Gasteiger partial charge in [-0.1, -0.05) is 28.1 Å². The smallest absolute Gasteiger partial charge is 0.406 e. The molecule has 6 heteroatoms. The maximum absolute atomic E-state index is 10.8. The third-order valence-electron chi connectivity index (χ3n) is 2.23. The molecule has 1 aromatic heterocycles. The number of halogens is 1. The molecular weight excluding hydrogens is 300 g/mol. The van der Waals surface area contributed by atoms with Crippen molar-refractivity contribution in [3.63, 3.8) is 0 Å². The second-order valence-corrected chi connectivity index (χ2v) is 4.02. The number of ether oxygens (including phenoxy) is 1. The quantitative estimate of drug-likeness (QED) is 0.491. The Morgan fingerprint density at radius 2 is 2.00 bits per heavy atom. The topological polar surface area (TPSA) is 65.3 Å². The lowest BCUT2D eigenvalue weighted by atomic mass is 10.2. The van der Waals surface area contributed by atoms with Gasteiger partial charge in [0.25, 0.3) is 0 Å². The molecule has 2 rings (SSSR count). The molecule has 1 aromatic carbocycles. The number of nitrogens with zero attached hydrogens (tertiary/aromatic N) is 2. The number of nitro groups is 1. The van der Waals surface area contributed by atoms with Crippen LogP contribution in [0.3, 0.4) is 0 Å². The van der Waals surface area contributed by atoms with Crippen molar-refractivity contribution in [1.82, 2.24) is 4.98 Å². The summed E-state index contributed by atoms with van der Waals surface area (Å²) in [4.78, 5) is 13.9. The van der Waals surface area contributed by atoms with E-state index in [-0.39, 0.29) is 11.6 Å². The van der Waals surface area contributed by atoms with Crippen LogP contribution in [-0.2, 0) is 5.33 Å². The molecule has 0 unspecified atom stereocenters. The van der Waals surface area contributed by atoms with Gasteiger partial charge in [0.1, 0.15) is 11.9 Å². The van der Waals surface area contributed by atoms with Gasteiger partial charge in [-0.05, 0) is 39.7 Å². The van der Waals surface area contributed by atoms with Crippen LogP contribution in [0.15, 0.2) is 42.6 Å². The van der Waals surface area contributed by atoms with Crippen LogP contribution in [0, 0.1) is 10.1 Å². The van der Waals surface area contributed by atoms with Crippen molar-refractivity contribution in [3.05, 3.63) is 58.3 Å². The van der Waals surface area contributed by atoms with Crippen molar-refractivity contribution in [1.29, 1.82) is 0 Å². The van der Waals surface area contributed by atoms with Crippen LogP contribution in [0.1, 0.15) is 5.56 Å². The molecule has 1 heterocycles. The lowest BCUT2D eigenvalue weighted by Gasteiger charge is -2.05. The summed E-state index contributed by atoms with van der Waals surface area (Å²) in [6.45, 7) is 0. The molecule has 2 aromatic rings. The largest absolute Gasteiger partial charge is 0.448 e. The molecule has 0 saturated heterocycles. The average Bonchev–Trinajstić information content (AvgIpc) is 2.40. The van der Waals surface area contributed by atoms with E-state index >= 15 is 0 Å². The van der Waals surface area contributed by atoms with Gasteiger partial charge >= 0.3 is 5.82 Å². The van der Waals surface area contributed by atoms with Crippen molar-refractivity contribution in [2.75, 3.05) is 0 Å². The first kappa shape index (κ1) is 12.5. The fourth-order valence-corrected chi connectivity index (χ4v) is 1.75. The van der Waals surface area contributed by atoms with Crippen molar-refractivity contribution in [3.8, 4) is 11.5 Å². The number of benzene rings is 1. The van der Waals surface area contributed by atoms with Gasteiger partial charge in [0.2, 0.25) is 5.75 Å². The summed E-state index contributed by atoms with van der Waals surface area (Å²) in [5.41, 5.74) is 1.10. The molecule has 0 radical (unpaired) electrons. The molecule has 0 fully saturated rings. The minimum Gasteiger partial charge on any atom is -0.448 e. The van der Waals surface area contributed by atoms with Gasteiger partial charge < -0.3 is 14.9 Å². The fourth-order valence-electron chi connectivity index (χ4n) is 1.37. The highest BCUT2D eigenvalue weighted by Gasteiger charge is 2.16. The molecule has 0 aliphatic rings. The van der Waals surface area contributed by atoms with E-state index in [4.69, 9.17) is 4.74 Å². The summed E-state index contributed by atoms with van der Waals surface area (Å²) >= 11 is 3.34. The van der Waals surface area contributed by atoms with E-state index in [0.29, 0.717) is 5.75 Å². The molecule has 92 valence electrons. The van der Waals surface area contributed by atoms with Crippen LogP contribution < -0.4 is 4.74 Å². The normalized spacial score (nSPS) is 10.1. The van der Waals surface area contributed by atoms with Crippen LogP contribution >= 0.6 is 15.9 Å². The number of aromatic nitrogens is 1. The third-order valence-corrected chi connectivity index (χ3v) is 2.88. The van der Waals surface area contributed by atoms with Gasteiger partial charge in [0, 0.05) is 5.33 Å². The average molecular weight is 309 g/mol. The fraction of sp³-hybridized carbons (Fsp3) is 0.0833. The van der Waals surface area contributed by atoms with Crippen molar-refractivity contribution >= 4 is 21.7 Å². The molecule has 0 bridgehead atoms. The molecule has 0 amide bonds. The highest BCUT2D eigenvalue weighted by molar-refractivity contribution is 9.08. The van der Waals surface area contributed by atoms with E-state index in [9.17, 15) is 10.1 Å². The van der Waals surface area contributed by atoms with Gasteiger partial charge in [0.15, 0.2) is 0 Å². The first-order valence-electron chi connectivity index (χ1n) is 5.13. The minimum absolute atomic E-state index is 0.133. The summed E-state index contributed by atoms with van der Waals surface area (Å²) in [7, 11) is 0. The Morgan fingerprint density at radius 3 is 2.61 bits per heavy atom. The maximum Gasteiger partial charge on any atom is 0.406 e. The van der Waals surface area contributed by atoms with Gasteiger partial charge in [0.05, 0.1) is 0 Å². The molecule has 0 atom stereocenters. The molecular formula is C12H9BrN2O3. The second kappa shape index (κ2) is 5.59. The summed E-state index contributed by atoms with van der Waals surface area (Å²) in [5.74, 6) is 0.381. The highest BCUT2D eigenvalue weighted by Crippen LogP contribution is 2.28. The molecule has 18 heavy (non-hydrogen) atoms. The Balaban J connectivity index is 2.25. The van der Waals surface area contributed by atoms with Gasteiger partial charge in [-0.3, -0.25) is 0 Å². The Bertz CT molecular complexity index is 558. The monoisotopic (exact) mass is 308 g/mol. The molecule has 0 spiro atoms. The number of hydrogen-bond acceptors (Lipinski definition) is 4. The number of rotatable bonds is 4. The molecule has 0 aliphatic carbocycles. The standard InChI is InChI=1S/C12H9BrN2O3/c13-8-9-3-5-10(6-4-9)18-11-2-1-7-14-12(11)15(16)17/h1-7H,8H2. The lowest BCUT2D eigenvalue weighted by molar-refractivity contribution is -0.390. The molecule has 0 saturated carbocycles. The van der Waals surface area contributed by atoms with Crippen molar-refractivity contribution < 1.29 is 9.66 Å². The van der Waals surface area contributed by atoms with Crippen molar-refractivity contribution in [2.45, 2.75) is 5.33 Å². The van der Waals surface area contributed by atoms with E-state index in [1.807, 2.05) is 12.1 Å². The van der Waals surface area contributed by atoms with Gasteiger partial charge in [-0.25, -0.2) is 0 Å². The molecule has 0 aliphatic heterocycles. The van der Waals surface area contributed by atoms with Crippen LogP contribution in [0.2, 0.25) is 0 Å². The van der Waals surface area contributed by atoms with Crippen molar-refractivity contribution in [2.24, 2.45) is 0 Å².